The molecule has 0 aromatic rings. The first kappa shape index (κ1) is 8.44. The molecule has 3 rings (SSSR count). The number of carboxylic acid groups (broad SMARTS) is 1. The average Bonchev–Trinajstić information content (AvgIpc) is 2.67. The summed E-state index contributed by atoms with van der Waals surface area (Å²) in [5.41, 5.74) is 0. The smallest absolute Gasteiger partial charge is 0.335 e. The molecule has 1 saturated carbocycles. The number of allylic oxidation sites excluding steroid dienone is 1. The molecule has 0 aromatic carbocycles. The molecule has 1 saturated heterocycles. The zero-order chi connectivity index (χ0) is 9.87. The first-order chi connectivity index (χ1) is 6.68. The van der Waals surface area contributed by atoms with Gasteiger partial charge in [0.1, 0.15) is 6.10 Å². The van der Waals surface area contributed by atoms with E-state index in [4.69, 9.17) is 9.84 Å². The molecule has 2 aliphatic carbocycles. The second-order valence-electron chi connectivity index (χ2n) is 4.38. The number of epoxide rings is 1. The molecule has 0 aromatic heterocycles. The van der Waals surface area contributed by atoms with Gasteiger partial charge in [-0.2, -0.15) is 0 Å². The van der Waals surface area contributed by atoms with E-state index in [9.17, 15) is 9.90 Å². The predicted molar refractivity (Wildman–Crippen MR) is 46.5 cm³/mol. The van der Waals surface area contributed by atoms with Gasteiger partial charge in [-0.1, -0.05) is 12.2 Å². The maximum absolute atomic E-state index is 10.6. The number of carbonyl (C=O) groups is 1. The van der Waals surface area contributed by atoms with E-state index < -0.39 is 18.2 Å². The third-order valence-electron chi connectivity index (χ3n) is 3.63. The van der Waals surface area contributed by atoms with Gasteiger partial charge in [0, 0.05) is 11.8 Å². The fourth-order valence-electron chi connectivity index (χ4n) is 2.89. The Morgan fingerprint density at radius 3 is 2.57 bits per heavy atom. The van der Waals surface area contributed by atoms with Gasteiger partial charge in [-0.3, -0.25) is 0 Å². The topological polar surface area (TPSA) is 70.1 Å². The van der Waals surface area contributed by atoms with Gasteiger partial charge in [0.15, 0.2) is 6.10 Å². The van der Waals surface area contributed by atoms with Crippen molar-refractivity contribution in [3.63, 3.8) is 0 Å². The van der Waals surface area contributed by atoms with E-state index in [2.05, 4.69) is 6.08 Å². The number of carboxylic acids is 1. The molecule has 3 aliphatic rings. The Hall–Kier alpha value is -0.870. The molecule has 1 heterocycles. The van der Waals surface area contributed by atoms with E-state index in [0.717, 1.165) is 6.42 Å². The first-order valence-electron chi connectivity index (χ1n) is 4.93. The van der Waals surface area contributed by atoms with Crippen LogP contribution in [0.3, 0.4) is 0 Å². The molecule has 4 heteroatoms. The Balaban J connectivity index is 1.76. The zero-order valence-corrected chi connectivity index (χ0v) is 7.54. The lowest BCUT2D eigenvalue weighted by Crippen LogP contribution is -2.31. The summed E-state index contributed by atoms with van der Waals surface area (Å²) in [5.74, 6) is -0.354. The highest BCUT2D eigenvalue weighted by Crippen LogP contribution is 2.50. The molecule has 6 atom stereocenters. The van der Waals surface area contributed by atoms with Gasteiger partial charge < -0.3 is 14.9 Å². The second-order valence-corrected chi connectivity index (χ2v) is 4.38. The molecular formula is C10H12O4. The van der Waals surface area contributed by atoms with Crippen LogP contribution in [0.25, 0.3) is 0 Å². The lowest BCUT2D eigenvalue weighted by molar-refractivity contribution is -0.138. The molecule has 1 aliphatic heterocycles. The van der Waals surface area contributed by atoms with Crippen molar-refractivity contribution in [2.24, 2.45) is 17.8 Å². The Labute approximate surface area is 81.2 Å². The molecule has 76 valence electrons. The van der Waals surface area contributed by atoms with Crippen LogP contribution in [0.5, 0.6) is 0 Å². The molecule has 0 spiro atoms. The Morgan fingerprint density at radius 2 is 2.07 bits per heavy atom. The molecule has 0 radical (unpaired) electrons. The van der Waals surface area contributed by atoms with Crippen molar-refractivity contribution in [3.8, 4) is 0 Å². The third-order valence-corrected chi connectivity index (χ3v) is 3.63. The number of hydrogen-bond donors (Lipinski definition) is 2. The highest BCUT2D eigenvalue weighted by atomic mass is 16.6. The van der Waals surface area contributed by atoms with E-state index in [1.807, 2.05) is 6.08 Å². The maximum atomic E-state index is 10.6. The Morgan fingerprint density at radius 1 is 1.36 bits per heavy atom. The van der Waals surface area contributed by atoms with Gasteiger partial charge >= 0.3 is 5.97 Å². The van der Waals surface area contributed by atoms with Crippen LogP contribution in [0, 0.1) is 17.8 Å². The second kappa shape index (κ2) is 2.58. The maximum Gasteiger partial charge on any atom is 0.335 e. The van der Waals surface area contributed by atoms with Gasteiger partial charge in [0.25, 0.3) is 0 Å². The summed E-state index contributed by atoms with van der Waals surface area (Å²) in [7, 11) is 0. The van der Waals surface area contributed by atoms with Gasteiger partial charge in [-0.15, -0.1) is 0 Å². The van der Waals surface area contributed by atoms with Crippen molar-refractivity contribution in [2.45, 2.75) is 24.7 Å². The normalized spacial score (nSPS) is 53.8. The number of fused-ring (bicyclic) bond motifs is 2. The molecule has 2 N–H and O–H groups in total. The van der Waals surface area contributed by atoms with Crippen LogP contribution < -0.4 is 0 Å². The molecule has 2 fully saturated rings. The SMILES string of the molecule is O=C(O)[C@@H]1O[C@@H]1[C@@H]1[C@H](O)[C@@H]2C=C[C@H]1C2. The van der Waals surface area contributed by atoms with Crippen LogP contribution in [0.4, 0.5) is 0 Å². The van der Waals surface area contributed by atoms with E-state index in [1.54, 1.807) is 0 Å². The summed E-state index contributed by atoms with van der Waals surface area (Å²) >= 11 is 0. The standard InChI is InChI=1S/C10H12O4/c11-7-5-2-1-4(3-5)6(7)8-9(14-8)10(12)13/h1-2,4-9,11H,3H2,(H,12,13)/t4-,5+,6-,7+,8+,9+/m0/s1. The van der Waals surface area contributed by atoms with Gasteiger partial charge in [0.05, 0.1) is 6.10 Å². The fourth-order valence-corrected chi connectivity index (χ4v) is 2.89. The van der Waals surface area contributed by atoms with Crippen molar-refractivity contribution in [2.75, 3.05) is 0 Å². The van der Waals surface area contributed by atoms with E-state index in [-0.39, 0.29) is 17.9 Å². The quantitative estimate of drug-likeness (QED) is 0.482. The Bertz CT molecular complexity index is 311. The monoisotopic (exact) mass is 196 g/mol. The van der Waals surface area contributed by atoms with Crippen molar-refractivity contribution in [3.05, 3.63) is 12.2 Å². The summed E-state index contributed by atoms with van der Waals surface area (Å²) in [6.07, 6.45) is 3.73. The van der Waals surface area contributed by atoms with Crippen LogP contribution in [0.2, 0.25) is 0 Å². The largest absolute Gasteiger partial charge is 0.479 e. The zero-order valence-electron chi connectivity index (χ0n) is 7.54. The van der Waals surface area contributed by atoms with E-state index in [1.165, 1.54) is 0 Å². The summed E-state index contributed by atoms with van der Waals surface area (Å²) in [6, 6.07) is 0. The van der Waals surface area contributed by atoms with Crippen LogP contribution in [-0.2, 0) is 9.53 Å². The molecule has 0 unspecified atom stereocenters. The molecular weight excluding hydrogens is 184 g/mol. The number of ether oxygens (including phenoxy) is 1. The van der Waals surface area contributed by atoms with Crippen molar-refractivity contribution < 1.29 is 19.7 Å². The number of aliphatic carboxylic acids is 1. The van der Waals surface area contributed by atoms with Gasteiger partial charge in [-0.05, 0) is 12.3 Å². The van der Waals surface area contributed by atoms with Crippen LogP contribution in [-0.4, -0.2) is 34.5 Å². The van der Waals surface area contributed by atoms with E-state index in [0.29, 0.717) is 5.92 Å². The number of rotatable bonds is 2. The van der Waals surface area contributed by atoms with Gasteiger partial charge in [-0.25, -0.2) is 4.79 Å². The van der Waals surface area contributed by atoms with Crippen molar-refractivity contribution in [1.82, 2.24) is 0 Å². The molecule has 4 nitrogen and oxygen atoms in total. The molecule has 2 bridgehead atoms. The van der Waals surface area contributed by atoms with Gasteiger partial charge in [0.2, 0.25) is 0 Å². The van der Waals surface area contributed by atoms with Crippen LogP contribution >= 0.6 is 0 Å². The third kappa shape index (κ3) is 0.980. The summed E-state index contributed by atoms with van der Waals surface area (Å²) in [5, 5.41) is 18.6. The molecule has 0 amide bonds. The highest BCUT2D eigenvalue weighted by molar-refractivity contribution is 5.75. The molecule has 14 heavy (non-hydrogen) atoms. The minimum absolute atomic E-state index is 0.00565. The summed E-state index contributed by atoms with van der Waals surface area (Å²) in [4.78, 5) is 10.6. The lowest BCUT2D eigenvalue weighted by Gasteiger charge is -2.21. The average molecular weight is 196 g/mol. The van der Waals surface area contributed by atoms with Crippen LogP contribution in [0.1, 0.15) is 6.42 Å². The highest BCUT2D eigenvalue weighted by Gasteiger charge is 2.58. The number of aliphatic hydroxyl groups excluding tert-OH is 1. The predicted octanol–water partition coefficient (Wildman–Crippen LogP) is 0.0214. The lowest BCUT2D eigenvalue weighted by atomic mass is 9.87. The fraction of sp³-hybridized carbons (Fsp3) is 0.700. The van der Waals surface area contributed by atoms with Crippen LogP contribution in [0.15, 0.2) is 12.2 Å². The number of hydrogen-bond acceptors (Lipinski definition) is 3. The van der Waals surface area contributed by atoms with Crippen molar-refractivity contribution >= 4 is 5.97 Å². The minimum Gasteiger partial charge on any atom is -0.479 e. The number of aliphatic hydroxyl groups is 1. The first-order valence-corrected chi connectivity index (χ1v) is 4.93. The van der Waals surface area contributed by atoms with Crippen molar-refractivity contribution in [1.29, 1.82) is 0 Å². The van der Waals surface area contributed by atoms with E-state index >= 15 is 0 Å². The Kier molecular flexibility index (Phi) is 1.56. The summed E-state index contributed by atoms with van der Waals surface area (Å²) in [6.45, 7) is 0. The summed E-state index contributed by atoms with van der Waals surface area (Å²) < 4.78 is 5.09. The minimum atomic E-state index is -0.908.